The van der Waals surface area contributed by atoms with Crippen molar-refractivity contribution < 1.29 is 19.3 Å². The Morgan fingerprint density at radius 2 is 2.36 bits per heavy atom. The van der Waals surface area contributed by atoms with Crippen molar-refractivity contribution in [2.75, 3.05) is 13.3 Å². The van der Waals surface area contributed by atoms with E-state index in [1.165, 1.54) is 0 Å². The minimum atomic E-state index is -1.38. The summed E-state index contributed by atoms with van der Waals surface area (Å²) in [6, 6.07) is 0. The molecule has 1 rings (SSSR count). The quantitative estimate of drug-likeness (QED) is 0.597. The van der Waals surface area contributed by atoms with E-state index in [1.54, 1.807) is 6.92 Å². The molecule has 0 saturated carbocycles. The minimum absolute atomic E-state index is 0.160. The minimum Gasteiger partial charge on any atom is -0.394 e. The first-order valence-corrected chi connectivity index (χ1v) is 3.67. The summed E-state index contributed by atoms with van der Waals surface area (Å²) in [7, 11) is 0. The Balaban J connectivity index is 2.57. The van der Waals surface area contributed by atoms with Crippen LogP contribution in [0.25, 0.3) is 0 Å². The monoisotopic (exact) mass is 164 g/mol. The van der Waals surface area contributed by atoms with Gasteiger partial charge in [-0.05, 0) is 6.92 Å². The molecule has 11 heavy (non-hydrogen) atoms. The zero-order valence-corrected chi connectivity index (χ0v) is 6.46. The van der Waals surface area contributed by atoms with Crippen LogP contribution in [-0.4, -0.2) is 41.3 Å². The van der Waals surface area contributed by atoms with Gasteiger partial charge in [-0.15, -0.1) is 0 Å². The summed E-state index contributed by atoms with van der Waals surface area (Å²) in [5.41, 5.74) is -1.38. The molecule has 0 unspecified atom stereocenters. The second kappa shape index (κ2) is 3.05. The van der Waals surface area contributed by atoms with Crippen LogP contribution in [0, 0.1) is 0 Å². The van der Waals surface area contributed by atoms with Crippen LogP contribution in [0.3, 0.4) is 0 Å². The van der Waals surface area contributed by atoms with E-state index >= 15 is 0 Å². The molecule has 0 aromatic rings. The Bertz CT molecular complexity index is 142. The first-order valence-electron chi connectivity index (χ1n) is 3.67. The van der Waals surface area contributed by atoms with Gasteiger partial charge in [0.25, 0.3) is 0 Å². The second-order valence-electron chi connectivity index (χ2n) is 3.02. The van der Waals surface area contributed by atoms with Crippen molar-refractivity contribution in [3.63, 3.8) is 0 Å². The summed E-state index contributed by atoms with van der Waals surface area (Å²) in [5.74, 6) is 0. The smallest absolute Gasteiger partial charge is 0.121 e. The van der Waals surface area contributed by atoms with Crippen molar-refractivity contribution in [1.29, 1.82) is 0 Å². The van der Waals surface area contributed by atoms with Crippen molar-refractivity contribution in [2.24, 2.45) is 0 Å². The van der Waals surface area contributed by atoms with E-state index in [9.17, 15) is 9.50 Å². The molecule has 0 spiro atoms. The fourth-order valence-corrected chi connectivity index (χ4v) is 1.29. The fourth-order valence-electron chi connectivity index (χ4n) is 1.29. The van der Waals surface area contributed by atoms with E-state index in [0.29, 0.717) is 0 Å². The van der Waals surface area contributed by atoms with Crippen molar-refractivity contribution in [3.05, 3.63) is 0 Å². The Morgan fingerprint density at radius 1 is 1.73 bits per heavy atom. The van der Waals surface area contributed by atoms with E-state index in [2.05, 4.69) is 0 Å². The van der Waals surface area contributed by atoms with Crippen molar-refractivity contribution in [1.82, 2.24) is 0 Å². The maximum absolute atomic E-state index is 12.2. The van der Waals surface area contributed by atoms with E-state index in [0.717, 1.165) is 0 Å². The Hall–Kier alpha value is -0.190. The van der Waals surface area contributed by atoms with Gasteiger partial charge in [0.1, 0.15) is 12.3 Å². The summed E-state index contributed by atoms with van der Waals surface area (Å²) >= 11 is 0. The number of hydrogen-bond acceptors (Lipinski definition) is 3. The maximum Gasteiger partial charge on any atom is 0.121 e. The van der Waals surface area contributed by atoms with Gasteiger partial charge < -0.3 is 14.9 Å². The normalized spacial score (nSPS) is 44.7. The highest BCUT2D eigenvalue weighted by atomic mass is 19.1. The van der Waals surface area contributed by atoms with Crippen LogP contribution < -0.4 is 0 Å². The van der Waals surface area contributed by atoms with Gasteiger partial charge in [-0.25, -0.2) is 4.39 Å². The van der Waals surface area contributed by atoms with E-state index in [-0.39, 0.29) is 13.0 Å². The lowest BCUT2D eigenvalue weighted by atomic mass is 9.96. The van der Waals surface area contributed by atoms with Gasteiger partial charge in [-0.1, -0.05) is 0 Å². The maximum atomic E-state index is 12.2. The first-order chi connectivity index (χ1) is 5.12. The standard InChI is InChI=1S/C7H13FO3/c1-5-7(10,4-8)2-6(3-9)11-5/h5-6,9-10H,2-4H2,1H3/t5-,6-,7-/m0/s1. The lowest BCUT2D eigenvalue weighted by Crippen LogP contribution is -2.38. The van der Waals surface area contributed by atoms with Crippen LogP contribution >= 0.6 is 0 Å². The number of ether oxygens (including phenoxy) is 1. The Morgan fingerprint density at radius 3 is 2.64 bits per heavy atom. The van der Waals surface area contributed by atoms with Crippen molar-refractivity contribution in [2.45, 2.75) is 31.2 Å². The molecule has 0 aromatic carbocycles. The highest BCUT2D eigenvalue weighted by Gasteiger charge is 2.44. The van der Waals surface area contributed by atoms with Gasteiger partial charge >= 0.3 is 0 Å². The highest BCUT2D eigenvalue weighted by Crippen LogP contribution is 2.30. The van der Waals surface area contributed by atoms with Gasteiger partial charge in [0.15, 0.2) is 0 Å². The molecule has 0 radical (unpaired) electrons. The molecule has 1 aliphatic rings. The second-order valence-corrected chi connectivity index (χ2v) is 3.02. The Labute approximate surface area is 64.8 Å². The Kier molecular flexibility index (Phi) is 2.47. The molecule has 1 fully saturated rings. The van der Waals surface area contributed by atoms with Crippen molar-refractivity contribution in [3.8, 4) is 0 Å². The third kappa shape index (κ3) is 1.52. The molecule has 3 atom stereocenters. The lowest BCUT2D eigenvalue weighted by Gasteiger charge is -2.21. The zero-order chi connectivity index (χ0) is 8.48. The third-order valence-electron chi connectivity index (χ3n) is 2.17. The van der Waals surface area contributed by atoms with Crippen LogP contribution in [0.2, 0.25) is 0 Å². The van der Waals surface area contributed by atoms with Gasteiger partial charge in [-0.2, -0.15) is 0 Å². The number of aliphatic hydroxyl groups is 2. The predicted octanol–water partition coefficient (Wildman–Crippen LogP) is -0.143. The number of hydrogen-bond donors (Lipinski definition) is 2. The molecule has 4 heteroatoms. The molecule has 1 heterocycles. The summed E-state index contributed by atoms with van der Waals surface area (Å²) in [4.78, 5) is 0. The van der Waals surface area contributed by atoms with E-state index in [1.807, 2.05) is 0 Å². The van der Waals surface area contributed by atoms with Gasteiger partial charge in [0, 0.05) is 6.42 Å². The average Bonchev–Trinajstić information content (AvgIpc) is 2.29. The molecule has 1 aliphatic heterocycles. The van der Waals surface area contributed by atoms with Gasteiger partial charge in [0.2, 0.25) is 0 Å². The molecule has 2 N–H and O–H groups in total. The molecule has 0 aliphatic carbocycles. The molecule has 3 nitrogen and oxygen atoms in total. The van der Waals surface area contributed by atoms with Crippen LogP contribution in [0.1, 0.15) is 13.3 Å². The van der Waals surface area contributed by atoms with E-state index in [4.69, 9.17) is 9.84 Å². The molecule has 0 bridgehead atoms. The topological polar surface area (TPSA) is 49.7 Å². The molecular formula is C7H13FO3. The van der Waals surface area contributed by atoms with Crippen molar-refractivity contribution >= 4 is 0 Å². The van der Waals surface area contributed by atoms with Crippen LogP contribution in [0.5, 0.6) is 0 Å². The van der Waals surface area contributed by atoms with Gasteiger partial charge in [-0.3, -0.25) is 0 Å². The fraction of sp³-hybridized carbons (Fsp3) is 1.00. The number of alkyl halides is 1. The number of aliphatic hydroxyl groups excluding tert-OH is 1. The molecular weight excluding hydrogens is 151 g/mol. The zero-order valence-electron chi connectivity index (χ0n) is 6.46. The molecule has 0 aromatic heterocycles. The predicted molar refractivity (Wildman–Crippen MR) is 37.0 cm³/mol. The number of rotatable bonds is 2. The summed E-state index contributed by atoms with van der Waals surface area (Å²) in [6.07, 6.45) is -0.753. The molecule has 1 saturated heterocycles. The van der Waals surface area contributed by atoms with Gasteiger partial charge in [0.05, 0.1) is 18.8 Å². The third-order valence-corrected chi connectivity index (χ3v) is 2.17. The average molecular weight is 164 g/mol. The first kappa shape index (κ1) is 8.90. The summed E-state index contributed by atoms with van der Waals surface area (Å²) in [5, 5.41) is 18.1. The largest absolute Gasteiger partial charge is 0.394 e. The summed E-state index contributed by atoms with van der Waals surface area (Å²) < 4.78 is 17.3. The SMILES string of the molecule is C[C@@H]1O[C@H](CO)C[C@]1(O)CF. The summed E-state index contributed by atoms with van der Waals surface area (Å²) in [6.45, 7) is 0.632. The lowest BCUT2D eigenvalue weighted by molar-refractivity contribution is -0.0541. The number of halogens is 1. The van der Waals surface area contributed by atoms with Crippen LogP contribution in [0.15, 0.2) is 0 Å². The molecule has 0 amide bonds. The molecule has 66 valence electrons. The highest BCUT2D eigenvalue weighted by molar-refractivity contribution is 4.93. The van der Waals surface area contributed by atoms with Crippen LogP contribution in [-0.2, 0) is 4.74 Å². The van der Waals surface area contributed by atoms with E-state index < -0.39 is 24.5 Å². The van der Waals surface area contributed by atoms with Crippen LogP contribution in [0.4, 0.5) is 4.39 Å².